The monoisotopic (exact) mass is 557 g/mol. The second-order valence-corrected chi connectivity index (χ2v) is 8.52. The highest BCUT2D eigenvalue weighted by molar-refractivity contribution is 5.90. The van der Waals surface area contributed by atoms with E-state index in [4.69, 9.17) is 0 Å². The minimum absolute atomic E-state index is 0.214. The zero-order chi connectivity index (χ0) is 28.7. The van der Waals surface area contributed by atoms with E-state index >= 15 is 0 Å². The molecule has 6 amide bonds. The molecule has 0 fully saturated rings. The molecule has 0 bridgehead atoms. The van der Waals surface area contributed by atoms with Crippen LogP contribution in [0.1, 0.15) is 0 Å². The van der Waals surface area contributed by atoms with Gasteiger partial charge in [-0.05, 0) is 54.6 Å². The molecule has 0 atom stereocenters. The van der Waals surface area contributed by atoms with Crippen molar-refractivity contribution in [2.45, 2.75) is 0 Å². The molecule has 0 radical (unpaired) electrons. The largest absolute Gasteiger partial charge is 0.337 e. The average Bonchev–Trinajstić information content (AvgIpc) is 2.88. The lowest BCUT2D eigenvalue weighted by molar-refractivity contribution is 0.238. The van der Waals surface area contributed by atoms with Gasteiger partial charge in [0.1, 0.15) is 17.5 Å². The maximum atomic E-state index is 13.3. The summed E-state index contributed by atoms with van der Waals surface area (Å²) < 4.78 is 40.0. The van der Waals surface area contributed by atoms with Crippen LogP contribution in [0.5, 0.6) is 0 Å². The number of carbonyl (C=O) groups excluding carboxylic acids is 3. The number of hydrogen-bond donors (Lipinski definition) is 6. The standard InChI is InChI=1S/C27H30F3N7O3/c28-19-4-1-7-22(16-19)34-25(38)31-10-13-37(14-11-32-26(39)35-23-8-2-5-20(29)17-23)15-12-33-27(40)36-24-9-3-6-21(30)18-24/h1-9,16-18H,10-15H2,(H2,31,34,38)(H2,32,35,39)(H2,33,36,40). The van der Waals surface area contributed by atoms with Crippen LogP contribution in [-0.4, -0.2) is 62.3 Å². The molecule has 6 N–H and O–H groups in total. The molecule has 0 aliphatic rings. The molecule has 0 unspecified atom stereocenters. The lowest BCUT2D eigenvalue weighted by Crippen LogP contribution is -2.44. The van der Waals surface area contributed by atoms with Gasteiger partial charge in [-0.15, -0.1) is 0 Å². The summed E-state index contributed by atoms with van der Waals surface area (Å²) in [5, 5.41) is 15.6. The molecule has 0 saturated heterocycles. The lowest BCUT2D eigenvalue weighted by atomic mass is 10.3. The molecule has 10 nitrogen and oxygen atoms in total. The van der Waals surface area contributed by atoms with E-state index in [2.05, 4.69) is 31.9 Å². The summed E-state index contributed by atoms with van der Waals surface area (Å²) in [5.41, 5.74) is 0.907. The molecule has 0 aliphatic carbocycles. The van der Waals surface area contributed by atoms with Gasteiger partial charge >= 0.3 is 18.1 Å². The first kappa shape index (κ1) is 29.8. The van der Waals surface area contributed by atoms with Crippen molar-refractivity contribution in [3.63, 3.8) is 0 Å². The number of hydrogen-bond acceptors (Lipinski definition) is 4. The van der Waals surface area contributed by atoms with Crippen LogP contribution >= 0.6 is 0 Å². The van der Waals surface area contributed by atoms with Gasteiger partial charge in [0.25, 0.3) is 0 Å². The van der Waals surface area contributed by atoms with E-state index in [-0.39, 0.29) is 19.6 Å². The first-order valence-corrected chi connectivity index (χ1v) is 12.4. The number of nitrogens with one attached hydrogen (secondary N) is 6. The Morgan fingerprint density at radius 2 is 0.825 bits per heavy atom. The molecular formula is C27H30F3N7O3. The Morgan fingerprint density at radius 1 is 0.525 bits per heavy atom. The zero-order valence-electron chi connectivity index (χ0n) is 21.5. The zero-order valence-corrected chi connectivity index (χ0v) is 21.5. The highest BCUT2D eigenvalue weighted by Crippen LogP contribution is 2.10. The number of nitrogens with zero attached hydrogens (tertiary/aromatic N) is 1. The van der Waals surface area contributed by atoms with Crippen LogP contribution in [0.3, 0.4) is 0 Å². The van der Waals surface area contributed by atoms with E-state index in [0.717, 1.165) is 0 Å². The summed E-state index contributed by atoms with van der Waals surface area (Å²) in [7, 11) is 0. The van der Waals surface area contributed by atoms with Crippen molar-refractivity contribution in [3.8, 4) is 0 Å². The fourth-order valence-electron chi connectivity index (χ4n) is 3.54. The van der Waals surface area contributed by atoms with Crippen LogP contribution in [0.4, 0.5) is 44.6 Å². The van der Waals surface area contributed by atoms with Crippen molar-refractivity contribution in [1.29, 1.82) is 0 Å². The molecule has 0 aliphatic heterocycles. The number of benzene rings is 3. The smallest absolute Gasteiger partial charge is 0.319 e. The summed E-state index contributed by atoms with van der Waals surface area (Å²) in [4.78, 5) is 38.4. The molecule has 0 spiro atoms. The van der Waals surface area contributed by atoms with Crippen molar-refractivity contribution in [2.24, 2.45) is 0 Å². The van der Waals surface area contributed by atoms with Crippen molar-refractivity contribution >= 4 is 35.2 Å². The van der Waals surface area contributed by atoms with Gasteiger partial charge in [-0.2, -0.15) is 0 Å². The number of rotatable bonds is 12. The predicted molar refractivity (Wildman–Crippen MR) is 147 cm³/mol. The molecular weight excluding hydrogens is 527 g/mol. The molecule has 40 heavy (non-hydrogen) atoms. The minimum atomic E-state index is -0.522. The van der Waals surface area contributed by atoms with Gasteiger partial charge in [0.15, 0.2) is 0 Å². The summed E-state index contributed by atoms with van der Waals surface area (Å²) in [6.07, 6.45) is 0. The van der Waals surface area contributed by atoms with E-state index in [9.17, 15) is 27.6 Å². The van der Waals surface area contributed by atoms with Crippen LogP contribution in [0.2, 0.25) is 0 Å². The van der Waals surface area contributed by atoms with Crippen molar-refractivity contribution < 1.29 is 27.6 Å². The topological polar surface area (TPSA) is 127 Å². The number of urea groups is 3. The van der Waals surface area contributed by atoms with E-state index in [1.54, 1.807) is 18.2 Å². The summed E-state index contributed by atoms with van der Waals surface area (Å²) in [6.45, 7) is 1.72. The van der Waals surface area contributed by atoms with Crippen molar-refractivity contribution in [2.75, 3.05) is 55.2 Å². The molecule has 13 heteroatoms. The van der Waals surface area contributed by atoms with Gasteiger partial charge in [0.2, 0.25) is 0 Å². The van der Waals surface area contributed by atoms with E-state index in [1.165, 1.54) is 54.6 Å². The molecule has 0 saturated carbocycles. The quantitative estimate of drug-likeness (QED) is 0.200. The van der Waals surface area contributed by atoms with Crippen molar-refractivity contribution in [1.82, 2.24) is 20.9 Å². The fraction of sp³-hybridized carbons (Fsp3) is 0.222. The molecule has 3 aromatic carbocycles. The summed E-state index contributed by atoms with van der Waals surface area (Å²) in [6, 6.07) is 14.9. The predicted octanol–water partition coefficient (Wildman–Crippen LogP) is 4.17. The molecule has 0 aromatic heterocycles. The highest BCUT2D eigenvalue weighted by Gasteiger charge is 2.10. The number of carbonyl (C=O) groups is 3. The van der Waals surface area contributed by atoms with Crippen LogP contribution in [0.25, 0.3) is 0 Å². The van der Waals surface area contributed by atoms with E-state index < -0.39 is 35.5 Å². The van der Waals surface area contributed by atoms with E-state index in [0.29, 0.717) is 36.7 Å². The van der Waals surface area contributed by atoms with Crippen LogP contribution in [0.15, 0.2) is 72.8 Å². The molecule has 3 rings (SSSR count). The molecule has 0 heterocycles. The third kappa shape index (κ3) is 11.3. The van der Waals surface area contributed by atoms with Gasteiger partial charge in [0, 0.05) is 56.3 Å². The van der Waals surface area contributed by atoms with Crippen LogP contribution in [0, 0.1) is 17.5 Å². The Hall–Kier alpha value is -4.78. The van der Waals surface area contributed by atoms with Gasteiger partial charge in [-0.25, -0.2) is 27.6 Å². The molecule has 3 aromatic rings. The first-order valence-electron chi connectivity index (χ1n) is 12.4. The first-order chi connectivity index (χ1) is 19.3. The fourth-order valence-corrected chi connectivity index (χ4v) is 3.54. The van der Waals surface area contributed by atoms with Crippen LogP contribution < -0.4 is 31.9 Å². The van der Waals surface area contributed by atoms with Gasteiger partial charge in [-0.1, -0.05) is 18.2 Å². The summed E-state index contributed by atoms with van der Waals surface area (Å²) in [5.74, 6) is -1.44. The SMILES string of the molecule is O=C(NCCN(CCNC(=O)Nc1cccc(F)c1)CCNC(=O)Nc1cccc(F)c1)Nc1cccc(F)c1. The van der Waals surface area contributed by atoms with Crippen molar-refractivity contribution in [3.05, 3.63) is 90.2 Å². The highest BCUT2D eigenvalue weighted by atomic mass is 19.1. The normalized spacial score (nSPS) is 10.5. The average molecular weight is 558 g/mol. The maximum Gasteiger partial charge on any atom is 0.319 e. The van der Waals surface area contributed by atoms with E-state index in [1.807, 2.05) is 4.90 Å². The number of anilines is 3. The van der Waals surface area contributed by atoms with Gasteiger partial charge < -0.3 is 31.9 Å². The van der Waals surface area contributed by atoms with Gasteiger partial charge in [-0.3, -0.25) is 4.90 Å². The van der Waals surface area contributed by atoms with Crippen LogP contribution in [-0.2, 0) is 0 Å². The van der Waals surface area contributed by atoms with Gasteiger partial charge in [0.05, 0.1) is 0 Å². The third-order valence-electron chi connectivity index (χ3n) is 5.39. The number of halogens is 3. The second-order valence-electron chi connectivity index (χ2n) is 8.52. The third-order valence-corrected chi connectivity index (χ3v) is 5.39. The Kier molecular flexibility index (Phi) is 11.6. The Bertz CT molecular complexity index is 1140. The summed E-state index contributed by atoms with van der Waals surface area (Å²) >= 11 is 0. The maximum absolute atomic E-state index is 13.3. The minimum Gasteiger partial charge on any atom is -0.337 e. The molecule has 212 valence electrons. The Labute approximate surface area is 229 Å². The number of amides is 6. The Morgan fingerprint density at radius 3 is 1.10 bits per heavy atom. The second kappa shape index (κ2) is 15.6. The lowest BCUT2D eigenvalue weighted by Gasteiger charge is -2.23. The Balaban J connectivity index is 1.45.